The fraction of sp³-hybridized carbons (Fsp3) is 0.235. The van der Waals surface area contributed by atoms with Gasteiger partial charge in [-0.3, -0.25) is 14.9 Å². The summed E-state index contributed by atoms with van der Waals surface area (Å²) >= 11 is 7.45. The number of hydrogen-bond donors (Lipinski definition) is 2. The van der Waals surface area contributed by atoms with Gasteiger partial charge in [0.05, 0.1) is 12.0 Å². The zero-order chi connectivity index (χ0) is 18.4. The Kier molecular flexibility index (Phi) is 6.81. The Morgan fingerprint density at radius 2 is 1.96 bits per heavy atom. The molecule has 0 saturated heterocycles. The van der Waals surface area contributed by atoms with Crippen molar-refractivity contribution in [2.75, 3.05) is 25.2 Å². The van der Waals surface area contributed by atoms with E-state index in [0.717, 1.165) is 10.5 Å². The second-order valence-corrected chi connectivity index (χ2v) is 6.94. The molecule has 1 atom stereocenters. The molecule has 2 aromatic rings. The molecule has 0 radical (unpaired) electrons. The van der Waals surface area contributed by atoms with E-state index < -0.39 is 4.92 Å². The Morgan fingerprint density at radius 3 is 2.56 bits per heavy atom. The van der Waals surface area contributed by atoms with Crippen LogP contribution in [0.2, 0.25) is 5.02 Å². The number of hydrogen-bond acceptors (Lipinski definition) is 4. The average Bonchev–Trinajstić information content (AvgIpc) is 2.56. The van der Waals surface area contributed by atoms with Gasteiger partial charge in [-0.25, -0.2) is 0 Å². The van der Waals surface area contributed by atoms with Crippen LogP contribution in [0.4, 0.5) is 11.4 Å². The molecule has 0 spiro atoms. The second kappa shape index (κ2) is 8.84. The van der Waals surface area contributed by atoms with Crippen molar-refractivity contribution in [3.63, 3.8) is 0 Å². The summed E-state index contributed by atoms with van der Waals surface area (Å²) < 4.78 is 0. The van der Waals surface area contributed by atoms with Crippen molar-refractivity contribution in [3.8, 4) is 0 Å². The van der Waals surface area contributed by atoms with E-state index in [1.165, 1.54) is 23.1 Å². The molecule has 1 amide bonds. The lowest BCUT2D eigenvalue weighted by atomic mass is 10.2. The van der Waals surface area contributed by atoms with Crippen molar-refractivity contribution in [2.24, 2.45) is 0 Å². The van der Waals surface area contributed by atoms with E-state index >= 15 is 0 Å². The predicted octanol–water partition coefficient (Wildman–Crippen LogP) is 2.62. The number of anilines is 1. The van der Waals surface area contributed by atoms with E-state index in [1.54, 1.807) is 11.8 Å². The van der Waals surface area contributed by atoms with Crippen LogP contribution in [0.5, 0.6) is 0 Å². The predicted molar refractivity (Wildman–Crippen MR) is 100 cm³/mol. The lowest BCUT2D eigenvalue weighted by Gasteiger charge is -2.14. The van der Waals surface area contributed by atoms with Crippen LogP contribution < -0.4 is 10.2 Å². The zero-order valence-electron chi connectivity index (χ0n) is 13.9. The molecule has 0 aromatic heterocycles. The fourth-order valence-electron chi connectivity index (χ4n) is 2.38. The highest BCUT2D eigenvalue weighted by molar-refractivity contribution is 7.98. The highest BCUT2D eigenvalue weighted by Gasteiger charge is 2.18. The van der Waals surface area contributed by atoms with Crippen molar-refractivity contribution >= 4 is 40.6 Å². The van der Waals surface area contributed by atoms with Gasteiger partial charge >= 0.3 is 0 Å². The van der Waals surface area contributed by atoms with E-state index in [0.29, 0.717) is 6.54 Å². The first-order chi connectivity index (χ1) is 11.9. The first-order valence-electron chi connectivity index (χ1n) is 7.57. The summed E-state index contributed by atoms with van der Waals surface area (Å²) in [4.78, 5) is 24.8. The van der Waals surface area contributed by atoms with Gasteiger partial charge in [0.15, 0.2) is 6.54 Å². The maximum Gasteiger partial charge on any atom is 0.294 e. The van der Waals surface area contributed by atoms with Crippen LogP contribution in [0.25, 0.3) is 0 Å². The van der Waals surface area contributed by atoms with Crippen LogP contribution in [-0.4, -0.2) is 30.7 Å². The smallest absolute Gasteiger partial charge is 0.294 e. The van der Waals surface area contributed by atoms with Crippen LogP contribution in [0, 0.1) is 10.1 Å². The van der Waals surface area contributed by atoms with Crippen molar-refractivity contribution in [2.45, 2.75) is 11.4 Å². The molecular formula is C17H19ClN3O3S+. The Labute approximate surface area is 155 Å². The minimum atomic E-state index is -0.564. The number of nitro groups is 1. The topological polar surface area (TPSA) is 76.7 Å². The maximum absolute atomic E-state index is 12.2. The van der Waals surface area contributed by atoms with Gasteiger partial charge in [0.2, 0.25) is 0 Å². The number of thioether (sulfide) groups is 1. The van der Waals surface area contributed by atoms with Gasteiger partial charge in [0, 0.05) is 21.5 Å². The molecule has 1 unspecified atom stereocenters. The number of nitro benzene ring substituents is 1. The largest absolute Gasteiger partial charge is 0.326 e. The molecule has 0 aliphatic heterocycles. The maximum atomic E-state index is 12.2. The summed E-state index contributed by atoms with van der Waals surface area (Å²) in [7, 11) is 1.90. The summed E-state index contributed by atoms with van der Waals surface area (Å²) in [5.74, 6) is -0.288. The van der Waals surface area contributed by atoms with E-state index in [-0.39, 0.29) is 28.8 Å². The number of nitrogens with one attached hydrogen (secondary N) is 2. The standard InChI is InChI=1S/C17H18ClN3O3S/c1-20(10-12-3-6-14(25-2)7-4-12)11-17(22)19-15-8-5-13(18)9-16(15)21(23)24/h3-9H,10-11H2,1-2H3,(H,19,22)/p+1. The number of nitrogens with zero attached hydrogens (tertiary/aromatic N) is 1. The average molecular weight is 381 g/mol. The molecule has 2 rings (SSSR count). The van der Waals surface area contributed by atoms with Crippen LogP contribution in [-0.2, 0) is 11.3 Å². The molecule has 0 aliphatic carbocycles. The molecular weight excluding hydrogens is 362 g/mol. The molecule has 0 bridgehead atoms. The molecule has 0 saturated carbocycles. The monoisotopic (exact) mass is 380 g/mol. The molecule has 2 aromatic carbocycles. The summed E-state index contributed by atoms with van der Waals surface area (Å²) in [5.41, 5.74) is 1.06. The van der Waals surface area contributed by atoms with E-state index in [4.69, 9.17) is 11.6 Å². The lowest BCUT2D eigenvalue weighted by molar-refractivity contribution is -0.885. The molecule has 0 heterocycles. The second-order valence-electron chi connectivity index (χ2n) is 5.63. The van der Waals surface area contributed by atoms with E-state index in [9.17, 15) is 14.9 Å². The number of halogens is 1. The minimum absolute atomic E-state index is 0.150. The SMILES string of the molecule is CSc1ccc(C[NH+](C)CC(=O)Nc2ccc(Cl)cc2[N+](=O)[O-])cc1. The van der Waals surface area contributed by atoms with Crippen LogP contribution in [0.15, 0.2) is 47.4 Å². The Balaban J connectivity index is 1.96. The van der Waals surface area contributed by atoms with Crippen molar-refractivity contribution < 1.29 is 14.6 Å². The molecule has 6 nitrogen and oxygen atoms in total. The highest BCUT2D eigenvalue weighted by Crippen LogP contribution is 2.27. The summed E-state index contributed by atoms with van der Waals surface area (Å²) in [6, 6.07) is 12.3. The summed E-state index contributed by atoms with van der Waals surface area (Å²) in [5, 5.41) is 13.9. The Bertz CT molecular complexity index is 768. The van der Waals surface area contributed by atoms with Crippen LogP contribution in [0.3, 0.4) is 0 Å². The number of amides is 1. The van der Waals surface area contributed by atoms with Crippen molar-refractivity contribution in [3.05, 3.63) is 63.2 Å². The van der Waals surface area contributed by atoms with E-state index in [1.807, 2.05) is 37.6 Å². The number of carbonyl (C=O) groups excluding carboxylic acids is 1. The summed E-state index contributed by atoms with van der Waals surface area (Å²) in [6.07, 6.45) is 2.02. The van der Waals surface area contributed by atoms with Crippen molar-refractivity contribution in [1.82, 2.24) is 0 Å². The minimum Gasteiger partial charge on any atom is -0.326 e. The molecule has 25 heavy (non-hydrogen) atoms. The van der Waals surface area contributed by atoms with Gasteiger partial charge in [0.25, 0.3) is 11.6 Å². The first-order valence-corrected chi connectivity index (χ1v) is 9.17. The third kappa shape index (κ3) is 5.74. The molecule has 8 heteroatoms. The third-order valence-corrected chi connectivity index (χ3v) is 4.54. The number of carbonyl (C=O) groups is 1. The van der Waals surface area contributed by atoms with Gasteiger partial charge < -0.3 is 10.2 Å². The van der Waals surface area contributed by atoms with Gasteiger partial charge in [-0.05, 0) is 30.5 Å². The van der Waals surface area contributed by atoms with Crippen LogP contribution >= 0.6 is 23.4 Å². The summed E-state index contributed by atoms with van der Waals surface area (Å²) in [6.45, 7) is 0.884. The van der Waals surface area contributed by atoms with E-state index in [2.05, 4.69) is 5.32 Å². The molecule has 2 N–H and O–H groups in total. The third-order valence-electron chi connectivity index (χ3n) is 3.56. The highest BCUT2D eigenvalue weighted by atomic mass is 35.5. The number of rotatable bonds is 7. The van der Waals surface area contributed by atoms with Gasteiger partial charge in [-0.2, -0.15) is 0 Å². The Hall–Kier alpha value is -2.09. The quantitative estimate of drug-likeness (QED) is 0.440. The normalized spacial score (nSPS) is 11.8. The number of quaternary nitrogens is 1. The van der Waals surface area contributed by atoms with Gasteiger partial charge in [0.1, 0.15) is 12.2 Å². The molecule has 132 valence electrons. The Morgan fingerprint density at radius 1 is 1.28 bits per heavy atom. The lowest BCUT2D eigenvalue weighted by Crippen LogP contribution is -3.08. The molecule has 0 fully saturated rings. The van der Waals surface area contributed by atoms with Crippen LogP contribution in [0.1, 0.15) is 5.56 Å². The first kappa shape index (κ1) is 19.2. The van der Waals surface area contributed by atoms with Gasteiger partial charge in [-0.15, -0.1) is 11.8 Å². The van der Waals surface area contributed by atoms with Gasteiger partial charge in [-0.1, -0.05) is 23.7 Å². The molecule has 0 aliphatic rings. The zero-order valence-corrected chi connectivity index (χ0v) is 15.5. The van der Waals surface area contributed by atoms with Crippen molar-refractivity contribution in [1.29, 1.82) is 0 Å². The number of likely N-dealkylation sites (N-methyl/N-ethyl adjacent to an activating group) is 1. The fourth-order valence-corrected chi connectivity index (χ4v) is 2.96. The number of benzene rings is 2.